The van der Waals surface area contributed by atoms with Crippen molar-refractivity contribution in [2.75, 3.05) is 13.1 Å². The second-order valence-corrected chi connectivity index (χ2v) is 5.95. The maximum absolute atomic E-state index is 11.3. The molecule has 6 heteroatoms. The molecule has 2 aromatic rings. The number of hydrogen-bond donors (Lipinski definition) is 1. The van der Waals surface area contributed by atoms with Gasteiger partial charge in [0.05, 0.1) is 11.7 Å². The lowest BCUT2D eigenvalue weighted by Crippen LogP contribution is -2.52. The van der Waals surface area contributed by atoms with Crippen molar-refractivity contribution in [1.29, 1.82) is 0 Å². The van der Waals surface area contributed by atoms with Crippen molar-refractivity contribution in [2.24, 2.45) is 0 Å². The van der Waals surface area contributed by atoms with Gasteiger partial charge in [-0.15, -0.1) is 0 Å². The summed E-state index contributed by atoms with van der Waals surface area (Å²) in [6.07, 6.45) is 1.77. The van der Waals surface area contributed by atoms with Crippen LogP contribution in [0.15, 0.2) is 36.5 Å². The van der Waals surface area contributed by atoms with Crippen molar-refractivity contribution < 1.29 is 8.76 Å². The maximum atomic E-state index is 11.3. The van der Waals surface area contributed by atoms with Crippen LogP contribution < -0.4 is 5.32 Å². The maximum Gasteiger partial charge on any atom is 0.0664 e. The van der Waals surface area contributed by atoms with Gasteiger partial charge in [-0.3, -0.25) is 9.19 Å². The van der Waals surface area contributed by atoms with Gasteiger partial charge in [-0.2, -0.15) is 0 Å². The Hall–Kier alpha value is -1.34. The lowest BCUT2D eigenvalue weighted by atomic mass is 10.0. The van der Waals surface area contributed by atoms with Crippen LogP contribution in [-0.4, -0.2) is 37.2 Å². The Labute approximate surface area is 120 Å². The standard InChI is InChI=1S/C14H17N3O2S/c1-10-8-16-13(9-17(10)20(18)19)14-12-5-3-2-4-11(12)6-7-15-14/h2-7,10,13,16H,8-9H2,1H3,(H,18,19)/p-1/t10-,13+/m1/s1. The first-order valence-electron chi connectivity index (χ1n) is 6.60. The highest BCUT2D eigenvalue weighted by Gasteiger charge is 2.28. The Morgan fingerprint density at radius 1 is 1.40 bits per heavy atom. The molecule has 106 valence electrons. The van der Waals surface area contributed by atoms with Gasteiger partial charge in [0, 0.05) is 42.0 Å². The van der Waals surface area contributed by atoms with E-state index in [2.05, 4.69) is 10.3 Å². The quantitative estimate of drug-likeness (QED) is 0.848. The number of benzene rings is 1. The van der Waals surface area contributed by atoms with Gasteiger partial charge in [-0.1, -0.05) is 24.3 Å². The largest absolute Gasteiger partial charge is 0.760 e. The van der Waals surface area contributed by atoms with Gasteiger partial charge in [0.25, 0.3) is 0 Å². The van der Waals surface area contributed by atoms with Crippen molar-refractivity contribution in [1.82, 2.24) is 14.6 Å². The van der Waals surface area contributed by atoms with Gasteiger partial charge < -0.3 is 9.87 Å². The number of pyridine rings is 1. The van der Waals surface area contributed by atoms with Crippen molar-refractivity contribution in [3.63, 3.8) is 0 Å². The molecule has 0 bridgehead atoms. The summed E-state index contributed by atoms with van der Waals surface area (Å²) in [5.41, 5.74) is 0.908. The monoisotopic (exact) mass is 290 g/mol. The summed E-state index contributed by atoms with van der Waals surface area (Å²) in [6.45, 7) is 2.94. The lowest BCUT2D eigenvalue weighted by Gasteiger charge is -2.39. The molecular weight excluding hydrogens is 274 g/mol. The Bertz CT molecular complexity index is 644. The van der Waals surface area contributed by atoms with E-state index in [0.717, 1.165) is 16.5 Å². The van der Waals surface area contributed by atoms with Crippen LogP contribution in [-0.2, 0) is 11.3 Å². The molecule has 1 aliphatic rings. The summed E-state index contributed by atoms with van der Waals surface area (Å²) in [6, 6.07) is 9.89. The predicted molar refractivity (Wildman–Crippen MR) is 77.6 cm³/mol. The third kappa shape index (κ3) is 2.47. The van der Waals surface area contributed by atoms with Gasteiger partial charge >= 0.3 is 0 Å². The Morgan fingerprint density at radius 2 is 2.20 bits per heavy atom. The fourth-order valence-electron chi connectivity index (χ4n) is 2.65. The average Bonchev–Trinajstić information content (AvgIpc) is 2.47. The Kier molecular flexibility index (Phi) is 3.80. The van der Waals surface area contributed by atoms with Crippen molar-refractivity contribution in [3.05, 3.63) is 42.2 Å². The summed E-state index contributed by atoms with van der Waals surface area (Å²) < 4.78 is 24.0. The SMILES string of the molecule is C[C@@H]1CN[C@H](c2nccc3ccccc23)CN1S(=O)[O-]. The summed E-state index contributed by atoms with van der Waals surface area (Å²) in [5, 5.41) is 5.57. The zero-order chi connectivity index (χ0) is 14.1. The number of nitrogens with zero attached hydrogens (tertiary/aromatic N) is 2. The van der Waals surface area contributed by atoms with E-state index in [9.17, 15) is 8.76 Å². The predicted octanol–water partition coefficient (Wildman–Crippen LogP) is 1.36. The molecule has 1 fully saturated rings. The first-order valence-corrected chi connectivity index (χ1v) is 7.63. The molecule has 2 heterocycles. The highest BCUT2D eigenvalue weighted by Crippen LogP contribution is 2.25. The fraction of sp³-hybridized carbons (Fsp3) is 0.357. The van der Waals surface area contributed by atoms with Crippen LogP contribution in [0.1, 0.15) is 18.7 Å². The van der Waals surface area contributed by atoms with Crippen LogP contribution in [0.5, 0.6) is 0 Å². The van der Waals surface area contributed by atoms with Crippen LogP contribution in [0.2, 0.25) is 0 Å². The van der Waals surface area contributed by atoms with Crippen molar-refractivity contribution >= 4 is 22.0 Å². The summed E-state index contributed by atoms with van der Waals surface area (Å²) >= 11 is -2.19. The molecule has 0 spiro atoms. The third-order valence-corrected chi connectivity index (χ3v) is 4.63. The molecule has 0 aliphatic carbocycles. The highest BCUT2D eigenvalue weighted by atomic mass is 32.2. The third-order valence-electron chi connectivity index (χ3n) is 3.74. The van der Waals surface area contributed by atoms with E-state index in [0.29, 0.717) is 13.1 Å². The van der Waals surface area contributed by atoms with E-state index in [-0.39, 0.29) is 12.1 Å². The van der Waals surface area contributed by atoms with Crippen molar-refractivity contribution in [3.8, 4) is 0 Å². The van der Waals surface area contributed by atoms with Crippen LogP contribution in [0.4, 0.5) is 0 Å². The normalized spacial score (nSPS) is 25.7. The van der Waals surface area contributed by atoms with E-state index in [1.54, 1.807) is 6.20 Å². The zero-order valence-electron chi connectivity index (χ0n) is 11.2. The van der Waals surface area contributed by atoms with E-state index < -0.39 is 11.3 Å². The van der Waals surface area contributed by atoms with Gasteiger partial charge in [-0.25, -0.2) is 4.31 Å². The van der Waals surface area contributed by atoms with Crippen molar-refractivity contribution in [2.45, 2.75) is 19.0 Å². The smallest absolute Gasteiger partial charge is 0.0664 e. The van der Waals surface area contributed by atoms with Crippen LogP contribution in [0.25, 0.3) is 10.8 Å². The second-order valence-electron chi connectivity index (χ2n) is 5.04. The minimum atomic E-state index is -2.19. The van der Waals surface area contributed by atoms with E-state index in [4.69, 9.17) is 0 Å². The molecule has 1 unspecified atom stereocenters. The first kappa shape index (κ1) is 13.6. The molecule has 1 aromatic heterocycles. The zero-order valence-corrected chi connectivity index (χ0v) is 12.0. The lowest BCUT2D eigenvalue weighted by molar-refractivity contribution is 0.230. The number of piperazine rings is 1. The molecular formula is C14H16N3O2S-. The molecule has 20 heavy (non-hydrogen) atoms. The number of aromatic nitrogens is 1. The van der Waals surface area contributed by atoms with Gasteiger partial charge in [-0.05, 0) is 18.4 Å². The minimum absolute atomic E-state index is 0.0282. The van der Waals surface area contributed by atoms with E-state index in [1.807, 2.05) is 37.3 Å². The Morgan fingerprint density at radius 3 is 3.00 bits per heavy atom. The molecule has 0 radical (unpaired) electrons. The molecule has 1 aromatic carbocycles. The molecule has 5 nitrogen and oxygen atoms in total. The first-order chi connectivity index (χ1) is 9.66. The minimum Gasteiger partial charge on any atom is -0.760 e. The summed E-state index contributed by atoms with van der Waals surface area (Å²) in [4.78, 5) is 4.46. The van der Waals surface area contributed by atoms with E-state index in [1.165, 1.54) is 4.31 Å². The summed E-state index contributed by atoms with van der Waals surface area (Å²) in [7, 11) is 0. The molecule has 0 amide bonds. The van der Waals surface area contributed by atoms with Crippen LogP contribution in [0, 0.1) is 0 Å². The van der Waals surface area contributed by atoms with Gasteiger partial charge in [0.2, 0.25) is 0 Å². The molecule has 1 saturated heterocycles. The molecule has 1 aliphatic heterocycles. The Balaban J connectivity index is 1.97. The number of nitrogens with one attached hydrogen (secondary N) is 1. The average molecular weight is 290 g/mol. The van der Waals surface area contributed by atoms with Crippen LogP contribution >= 0.6 is 0 Å². The van der Waals surface area contributed by atoms with E-state index >= 15 is 0 Å². The molecule has 3 rings (SSSR count). The number of hydrogen-bond acceptors (Lipinski definition) is 4. The highest BCUT2D eigenvalue weighted by molar-refractivity contribution is 7.76. The molecule has 0 saturated carbocycles. The number of rotatable bonds is 2. The summed E-state index contributed by atoms with van der Waals surface area (Å²) in [5.74, 6) is 0. The topological polar surface area (TPSA) is 68.3 Å². The van der Waals surface area contributed by atoms with Gasteiger partial charge in [0.15, 0.2) is 0 Å². The van der Waals surface area contributed by atoms with Gasteiger partial charge in [0.1, 0.15) is 0 Å². The van der Waals surface area contributed by atoms with Crippen LogP contribution in [0.3, 0.4) is 0 Å². The second kappa shape index (κ2) is 5.57. The molecule has 3 atom stereocenters. The number of fused-ring (bicyclic) bond motifs is 1. The fourth-order valence-corrected chi connectivity index (χ4v) is 3.29. The molecule has 1 N–H and O–H groups in total.